The number of aliphatic hydroxyl groups is 2. The van der Waals surface area contributed by atoms with E-state index in [1.54, 1.807) is 25.1 Å². The number of hydrogen-bond acceptors (Lipinski definition) is 8. The number of halogens is 1. The minimum Gasteiger partial charge on any atom is -0.487 e. The summed E-state index contributed by atoms with van der Waals surface area (Å²) in [6.45, 7) is 7.16. The molecule has 11 heteroatoms. The van der Waals surface area contributed by atoms with E-state index < -0.39 is 26.8 Å². The molecule has 0 unspecified atom stereocenters. The Morgan fingerprint density at radius 2 is 1.83 bits per heavy atom. The molecule has 6 atom stereocenters. The van der Waals surface area contributed by atoms with Crippen molar-refractivity contribution in [1.82, 2.24) is 9.62 Å². The second-order valence-electron chi connectivity index (χ2n) is 14.6. The van der Waals surface area contributed by atoms with Gasteiger partial charge in [0.15, 0.2) is 0 Å². The predicted molar refractivity (Wildman–Crippen MR) is 184 cm³/mol. The Kier molecular flexibility index (Phi) is 10.4. The number of ether oxygens (including phenoxy) is 1. The van der Waals surface area contributed by atoms with Crippen LogP contribution in [0.25, 0.3) is 0 Å². The van der Waals surface area contributed by atoms with Crippen molar-refractivity contribution >= 4 is 33.2 Å². The predicted octanol–water partition coefficient (Wildman–Crippen LogP) is 5.15. The molecule has 4 aliphatic rings. The van der Waals surface area contributed by atoms with Crippen molar-refractivity contribution in [2.45, 2.75) is 95.2 Å². The number of amides is 1. The summed E-state index contributed by atoms with van der Waals surface area (Å²) in [5, 5.41) is 22.6. The molecule has 3 aliphatic heterocycles. The average Bonchev–Trinajstić information content (AvgIpc) is 3.40. The SMILES string of the molecule is C[C@@H]1[C@@H](C)CCC[C@@](O)(CN2CC[C@@H](O)C2)[C@@H]2CC[C@H]2CN2CCCCc3cc(Cl)ccc3COc3ccc(cc32)C(=O)NS1(=O)=O. The smallest absolute Gasteiger partial charge is 0.264 e. The molecule has 0 aromatic heterocycles. The van der Waals surface area contributed by atoms with Gasteiger partial charge < -0.3 is 19.8 Å². The van der Waals surface area contributed by atoms with Crippen molar-refractivity contribution in [3.63, 3.8) is 0 Å². The number of β-amino-alcohol motifs (C(OH)–C–C–N with tert-alkyl or cyclic N) is 2. The van der Waals surface area contributed by atoms with E-state index in [1.165, 1.54) is 5.56 Å². The summed E-state index contributed by atoms with van der Waals surface area (Å²) in [6.07, 6.45) is 6.85. The van der Waals surface area contributed by atoms with Gasteiger partial charge in [-0.25, -0.2) is 13.1 Å². The summed E-state index contributed by atoms with van der Waals surface area (Å²) in [5.41, 5.74) is 2.31. The van der Waals surface area contributed by atoms with E-state index >= 15 is 0 Å². The van der Waals surface area contributed by atoms with Crippen molar-refractivity contribution in [3.05, 3.63) is 58.1 Å². The Bertz CT molecular complexity index is 1560. The Labute approximate surface area is 284 Å². The van der Waals surface area contributed by atoms with Crippen LogP contribution in [0.4, 0.5) is 5.69 Å². The number of carbonyl (C=O) groups is 1. The Balaban J connectivity index is 1.37. The molecule has 3 heterocycles. The highest BCUT2D eigenvalue weighted by Crippen LogP contribution is 2.46. The lowest BCUT2D eigenvalue weighted by atomic mass is 9.62. The van der Waals surface area contributed by atoms with E-state index in [2.05, 4.69) is 14.5 Å². The van der Waals surface area contributed by atoms with Gasteiger partial charge in [-0.2, -0.15) is 0 Å². The van der Waals surface area contributed by atoms with Gasteiger partial charge in [0.25, 0.3) is 5.91 Å². The van der Waals surface area contributed by atoms with Crippen LogP contribution in [0.15, 0.2) is 36.4 Å². The molecule has 47 heavy (non-hydrogen) atoms. The summed E-state index contributed by atoms with van der Waals surface area (Å²) < 4.78 is 35.6. The molecule has 2 fully saturated rings. The zero-order chi connectivity index (χ0) is 33.3. The topological polar surface area (TPSA) is 119 Å². The van der Waals surface area contributed by atoms with Crippen LogP contribution in [0.1, 0.15) is 86.7 Å². The molecule has 1 saturated heterocycles. The molecule has 3 N–H and O–H groups in total. The molecule has 2 bridgehead atoms. The normalized spacial score (nSPS) is 32.1. The lowest BCUT2D eigenvalue weighted by Crippen LogP contribution is -2.56. The van der Waals surface area contributed by atoms with E-state index in [0.29, 0.717) is 62.7 Å². The summed E-state index contributed by atoms with van der Waals surface area (Å²) in [6, 6.07) is 11.1. The van der Waals surface area contributed by atoms with Crippen molar-refractivity contribution in [2.75, 3.05) is 37.6 Å². The molecule has 1 amide bonds. The third kappa shape index (κ3) is 7.77. The zero-order valence-electron chi connectivity index (χ0n) is 27.7. The van der Waals surface area contributed by atoms with E-state index in [4.69, 9.17) is 16.3 Å². The van der Waals surface area contributed by atoms with E-state index in [1.807, 2.05) is 25.1 Å². The first-order valence-corrected chi connectivity index (χ1v) is 19.3. The van der Waals surface area contributed by atoms with Gasteiger partial charge in [0.2, 0.25) is 10.0 Å². The molecule has 258 valence electrons. The number of fused-ring (bicyclic) bond motifs is 3. The molecule has 0 spiro atoms. The second kappa shape index (κ2) is 14.2. The van der Waals surface area contributed by atoms with Gasteiger partial charge in [-0.1, -0.05) is 31.0 Å². The quantitative estimate of drug-likeness (QED) is 0.397. The minimum absolute atomic E-state index is 0.0741. The number of aliphatic hydroxyl groups excluding tert-OH is 1. The average molecular weight is 688 g/mol. The largest absolute Gasteiger partial charge is 0.487 e. The number of benzene rings is 2. The maximum Gasteiger partial charge on any atom is 0.264 e. The zero-order valence-corrected chi connectivity index (χ0v) is 29.2. The molecule has 1 saturated carbocycles. The maximum atomic E-state index is 13.5. The number of nitrogens with one attached hydrogen (secondary N) is 1. The van der Waals surface area contributed by atoms with Gasteiger partial charge in [-0.05, 0) is 118 Å². The van der Waals surface area contributed by atoms with Crippen LogP contribution in [0.2, 0.25) is 5.02 Å². The summed E-state index contributed by atoms with van der Waals surface area (Å²) >= 11 is 6.35. The summed E-state index contributed by atoms with van der Waals surface area (Å²) in [7, 11) is -3.95. The van der Waals surface area contributed by atoms with Crippen LogP contribution in [0.5, 0.6) is 5.75 Å². The van der Waals surface area contributed by atoms with E-state index in [9.17, 15) is 23.4 Å². The third-order valence-electron chi connectivity index (χ3n) is 11.3. The highest BCUT2D eigenvalue weighted by molar-refractivity contribution is 7.90. The van der Waals surface area contributed by atoms with Crippen molar-refractivity contribution < 1.29 is 28.2 Å². The fourth-order valence-electron chi connectivity index (χ4n) is 8.13. The Morgan fingerprint density at radius 3 is 2.57 bits per heavy atom. The number of anilines is 1. The fraction of sp³-hybridized carbons (Fsp3) is 0.639. The molecule has 0 radical (unpaired) electrons. The molecule has 6 rings (SSSR count). The fourth-order valence-corrected chi connectivity index (χ4v) is 9.64. The van der Waals surface area contributed by atoms with Crippen molar-refractivity contribution in [2.24, 2.45) is 17.8 Å². The molecule has 1 aliphatic carbocycles. The highest BCUT2D eigenvalue weighted by atomic mass is 35.5. The van der Waals surface area contributed by atoms with Gasteiger partial charge in [0.1, 0.15) is 12.4 Å². The second-order valence-corrected chi connectivity index (χ2v) is 17.0. The molecule has 2 aromatic rings. The van der Waals surface area contributed by atoms with Crippen molar-refractivity contribution in [3.8, 4) is 5.75 Å². The first-order chi connectivity index (χ1) is 22.4. The number of nitrogens with zero attached hydrogens (tertiary/aromatic N) is 2. The molecular formula is C36H50ClN3O6S. The van der Waals surface area contributed by atoms with Gasteiger partial charge in [-0.3, -0.25) is 9.69 Å². The summed E-state index contributed by atoms with van der Waals surface area (Å²) in [5.74, 6) is 0.0929. The lowest BCUT2D eigenvalue weighted by Gasteiger charge is -2.50. The van der Waals surface area contributed by atoms with Crippen molar-refractivity contribution in [1.29, 1.82) is 0 Å². The van der Waals surface area contributed by atoms with Gasteiger partial charge >= 0.3 is 0 Å². The summed E-state index contributed by atoms with van der Waals surface area (Å²) in [4.78, 5) is 18.0. The first-order valence-electron chi connectivity index (χ1n) is 17.4. The van der Waals surface area contributed by atoms with Crippen LogP contribution in [0, 0.1) is 17.8 Å². The molecular weight excluding hydrogens is 638 g/mol. The Morgan fingerprint density at radius 1 is 1.00 bits per heavy atom. The highest BCUT2D eigenvalue weighted by Gasteiger charge is 2.48. The first kappa shape index (κ1) is 34.5. The van der Waals surface area contributed by atoms with Gasteiger partial charge in [-0.15, -0.1) is 0 Å². The van der Waals surface area contributed by atoms with Crippen LogP contribution in [-0.2, 0) is 23.1 Å². The number of likely N-dealkylation sites (tertiary alicyclic amines) is 1. The number of sulfonamides is 1. The molecule has 9 nitrogen and oxygen atoms in total. The van der Waals surface area contributed by atoms with Crippen LogP contribution >= 0.6 is 11.6 Å². The van der Waals surface area contributed by atoms with Crippen LogP contribution in [0.3, 0.4) is 0 Å². The molecule has 2 aromatic carbocycles. The Hall–Kier alpha value is -2.37. The van der Waals surface area contributed by atoms with E-state index in [-0.39, 0.29) is 29.4 Å². The lowest BCUT2D eigenvalue weighted by molar-refractivity contribution is -0.104. The van der Waals surface area contributed by atoms with Crippen LogP contribution < -0.4 is 14.4 Å². The minimum atomic E-state index is -3.95. The number of aryl methyl sites for hydroxylation is 1. The number of rotatable bonds is 2. The number of carbonyl (C=O) groups excluding carboxylic acids is 1. The van der Waals surface area contributed by atoms with Gasteiger partial charge in [0.05, 0.1) is 22.6 Å². The van der Waals surface area contributed by atoms with Crippen LogP contribution in [-0.4, -0.2) is 79.1 Å². The third-order valence-corrected chi connectivity index (χ3v) is 13.5. The number of hydrogen-bond donors (Lipinski definition) is 3. The monoisotopic (exact) mass is 687 g/mol. The van der Waals surface area contributed by atoms with E-state index in [0.717, 1.165) is 56.4 Å². The standard InChI is InChI=1S/C36H50ClN3O6S/c1-24-6-5-15-36(43,23-39-17-14-31(41)21-39)32-12-9-28(32)20-40-16-4-3-7-26-18-30(37)11-8-29(26)22-46-34-13-10-27(19-33(34)40)35(42)38-47(44,45)25(24)2/h8,10-11,13,18-19,24-25,28,31-32,41,43H,3-7,9,12,14-17,20-23H2,1-2H3,(H,38,42)/t24-,25+,28-,31+,32+,36+/m0/s1. The maximum absolute atomic E-state index is 13.5. The van der Waals surface area contributed by atoms with Gasteiger partial charge in [0, 0.05) is 43.3 Å².